The molecule has 0 unspecified atom stereocenters. The molecular formula is C14H17ClN2O3. The minimum atomic E-state index is -0.519. The van der Waals surface area contributed by atoms with E-state index in [9.17, 15) is 14.9 Å². The van der Waals surface area contributed by atoms with Crippen LogP contribution in [0.1, 0.15) is 30.6 Å². The molecule has 1 fully saturated rings. The summed E-state index contributed by atoms with van der Waals surface area (Å²) in [6.45, 7) is 5.54. The van der Waals surface area contributed by atoms with Crippen LogP contribution in [0.2, 0.25) is 5.02 Å². The summed E-state index contributed by atoms with van der Waals surface area (Å²) in [4.78, 5) is 24.5. The summed E-state index contributed by atoms with van der Waals surface area (Å²) in [6, 6.07) is 3.97. The SMILES string of the molecule is C[C@@H]1C[C@H](C)CN(C(=O)c2cc([N+](=O)[O-])ccc2Cl)C1. The number of hydrogen-bond donors (Lipinski definition) is 0. The number of amides is 1. The van der Waals surface area contributed by atoms with E-state index in [2.05, 4.69) is 13.8 Å². The number of nitro benzene ring substituents is 1. The summed E-state index contributed by atoms with van der Waals surface area (Å²) in [5, 5.41) is 11.1. The van der Waals surface area contributed by atoms with Crippen molar-refractivity contribution >= 4 is 23.2 Å². The fourth-order valence-electron chi connectivity index (χ4n) is 2.79. The van der Waals surface area contributed by atoms with E-state index >= 15 is 0 Å². The summed E-state index contributed by atoms with van der Waals surface area (Å²) in [6.07, 6.45) is 1.09. The molecule has 0 aliphatic carbocycles. The molecule has 1 aliphatic heterocycles. The number of carbonyl (C=O) groups excluding carboxylic acids is 1. The average molecular weight is 297 g/mol. The van der Waals surface area contributed by atoms with Gasteiger partial charge >= 0.3 is 0 Å². The van der Waals surface area contributed by atoms with Gasteiger partial charge in [-0.15, -0.1) is 0 Å². The van der Waals surface area contributed by atoms with Crippen molar-refractivity contribution in [2.24, 2.45) is 11.8 Å². The Balaban J connectivity index is 2.28. The van der Waals surface area contributed by atoms with Gasteiger partial charge in [0.2, 0.25) is 0 Å². The van der Waals surface area contributed by atoms with Crippen LogP contribution in [-0.4, -0.2) is 28.8 Å². The summed E-state index contributed by atoms with van der Waals surface area (Å²) in [7, 11) is 0. The van der Waals surface area contributed by atoms with Crippen LogP contribution in [-0.2, 0) is 0 Å². The maximum atomic E-state index is 12.5. The molecule has 0 radical (unpaired) electrons. The molecule has 0 bridgehead atoms. The molecule has 1 aromatic carbocycles. The first kappa shape index (κ1) is 14.8. The zero-order chi connectivity index (χ0) is 14.9. The third-order valence-corrected chi connectivity index (χ3v) is 3.88. The van der Waals surface area contributed by atoms with Gasteiger partial charge in [-0.1, -0.05) is 25.4 Å². The molecule has 1 amide bonds. The average Bonchev–Trinajstić information content (AvgIpc) is 2.37. The van der Waals surface area contributed by atoms with Gasteiger partial charge in [0.1, 0.15) is 0 Å². The molecule has 108 valence electrons. The van der Waals surface area contributed by atoms with Gasteiger partial charge in [0, 0.05) is 25.2 Å². The molecular weight excluding hydrogens is 280 g/mol. The number of nitro groups is 1. The van der Waals surface area contributed by atoms with Crippen LogP contribution in [0.25, 0.3) is 0 Å². The lowest BCUT2D eigenvalue weighted by Gasteiger charge is -2.35. The Bertz CT molecular complexity index is 537. The second kappa shape index (κ2) is 5.79. The lowest BCUT2D eigenvalue weighted by Crippen LogP contribution is -2.42. The Labute approximate surface area is 122 Å². The van der Waals surface area contributed by atoms with Crippen molar-refractivity contribution in [3.63, 3.8) is 0 Å². The number of carbonyl (C=O) groups is 1. The maximum Gasteiger partial charge on any atom is 0.270 e. The van der Waals surface area contributed by atoms with E-state index < -0.39 is 4.92 Å². The Kier molecular flexibility index (Phi) is 4.28. The molecule has 0 aromatic heterocycles. The number of non-ortho nitro benzene ring substituents is 1. The van der Waals surface area contributed by atoms with Crippen molar-refractivity contribution in [2.45, 2.75) is 20.3 Å². The molecule has 2 atom stereocenters. The highest BCUT2D eigenvalue weighted by Crippen LogP contribution is 2.27. The number of hydrogen-bond acceptors (Lipinski definition) is 3. The molecule has 1 saturated heterocycles. The molecule has 20 heavy (non-hydrogen) atoms. The van der Waals surface area contributed by atoms with Crippen LogP contribution >= 0.6 is 11.6 Å². The minimum Gasteiger partial charge on any atom is -0.338 e. The standard InChI is InChI=1S/C14H17ClN2O3/c1-9-5-10(2)8-16(7-9)14(18)12-6-11(17(19)20)3-4-13(12)15/h3-4,6,9-10H,5,7-8H2,1-2H3/t9-,10+. The van der Waals surface area contributed by atoms with Gasteiger partial charge in [-0.2, -0.15) is 0 Å². The first-order chi connectivity index (χ1) is 9.38. The zero-order valence-electron chi connectivity index (χ0n) is 11.5. The smallest absolute Gasteiger partial charge is 0.270 e. The van der Waals surface area contributed by atoms with E-state index in [0.717, 1.165) is 6.42 Å². The molecule has 0 saturated carbocycles. The number of benzene rings is 1. The van der Waals surface area contributed by atoms with E-state index in [1.165, 1.54) is 18.2 Å². The summed E-state index contributed by atoms with van der Waals surface area (Å²) in [5.74, 6) is 0.637. The highest BCUT2D eigenvalue weighted by Gasteiger charge is 2.28. The van der Waals surface area contributed by atoms with Gasteiger partial charge in [-0.3, -0.25) is 14.9 Å². The van der Waals surface area contributed by atoms with Crippen molar-refractivity contribution in [2.75, 3.05) is 13.1 Å². The molecule has 5 nitrogen and oxygen atoms in total. The summed E-state index contributed by atoms with van der Waals surface area (Å²) >= 11 is 6.02. The van der Waals surface area contributed by atoms with Gasteiger partial charge < -0.3 is 4.90 Å². The van der Waals surface area contributed by atoms with Crippen LogP contribution < -0.4 is 0 Å². The normalized spacial score (nSPS) is 22.6. The van der Waals surface area contributed by atoms with Crippen molar-refractivity contribution in [1.29, 1.82) is 0 Å². The van der Waals surface area contributed by atoms with Gasteiger partial charge in [0.15, 0.2) is 0 Å². The van der Waals surface area contributed by atoms with Gasteiger partial charge in [-0.05, 0) is 24.3 Å². The number of piperidine rings is 1. The minimum absolute atomic E-state index is 0.115. The van der Waals surface area contributed by atoms with Crippen molar-refractivity contribution in [3.05, 3.63) is 38.9 Å². The summed E-state index contributed by atoms with van der Waals surface area (Å²) < 4.78 is 0. The predicted molar refractivity (Wildman–Crippen MR) is 77.0 cm³/mol. The van der Waals surface area contributed by atoms with E-state index in [1.807, 2.05) is 0 Å². The third kappa shape index (κ3) is 3.10. The lowest BCUT2D eigenvalue weighted by atomic mass is 9.91. The number of rotatable bonds is 2. The fourth-order valence-corrected chi connectivity index (χ4v) is 2.99. The first-order valence-corrected chi connectivity index (χ1v) is 6.99. The Morgan fingerprint density at radius 3 is 2.50 bits per heavy atom. The van der Waals surface area contributed by atoms with E-state index in [1.54, 1.807) is 4.90 Å². The monoisotopic (exact) mass is 296 g/mol. The quantitative estimate of drug-likeness (QED) is 0.621. The van der Waals surface area contributed by atoms with Crippen molar-refractivity contribution < 1.29 is 9.72 Å². The van der Waals surface area contributed by atoms with Crippen LogP contribution in [0.3, 0.4) is 0 Å². The second-order valence-electron chi connectivity index (χ2n) is 5.58. The third-order valence-electron chi connectivity index (χ3n) is 3.55. The lowest BCUT2D eigenvalue weighted by molar-refractivity contribution is -0.384. The Morgan fingerprint density at radius 2 is 1.95 bits per heavy atom. The van der Waals surface area contributed by atoms with Crippen LogP contribution in [0, 0.1) is 22.0 Å². The van der Waals surface area contributed by atoms with Crippen LogP contribution in [0.5, 0.6) is 0 Å². The molecule has 6 heteroatoms. The Hall–Kier alpha value is -1.62. The van der Waals surface area contributed by atoms with Crippen LogP contribution in [0.4, 0.5) is 5.69 Å². The van der Waals surface area contributed by atoms with Gasteiger partial charge in [-0.25, -0.2) is 0 Å². The number of likely N-dealkylation sites (tertiary alicyclic amines) is 1. The van der Waals surface area contributed by atoms with Crippen molar-refractivity contribution in [1.82, 2.24) is 4.90 Å². The maximum absolute atomic E-state index is 12.5. The highest BCUT2D eigenvalue weighted by atomic mass is 35.5. The number of nitrogens with zero attached hydrogens (tertiary/aromatic N) is 2. The van der Waals surface area contributed by atoms with E-state index in [0.29, 0.717) is 24.9 Å². The molecule has 0 N–H and O–H groups in total. The first-order valence-electron chi connectivity index (χ1n) is 6.61. The molecule has 0 spiro atoms. The van der Waals surface area contributed by atoms with E-state index in [4.69, 9.17) is 11.6 Å². The molecule has 1 aromatic rings. The molecule has 2 rings (SSSR count). The fraction of sp³-hybridized carbons (Fsp3) is 0.500. The zero-order valence-corrected chi connectivity index (χ0v) is 12.3. The van der Waals surface area contributed by atoms with Gasteiger partial charge in [0.05, 0.1) is 15.5 Å². The Morgan fingerprint density at radius 1 is 1.35 bits per heavy atom. The largest absolute Gasteiger partial charge is 0.338 e. The van der Waals surface area contributed by atoms with Gasteiger partial charge in [0.25, 0.3) is 11.6 Å². The van der Waals surface area contributed by atoms with Crippen molar-refractivity contribution in [3.8, 4) is 0 Å². The summed E-state index contributed by atoms with van der Waals surface area (Å²) in [5.41, 5.74) is 0.0954. The van der Waals surface area contributed by atoms with Crippen LogP contribution in [0.15, 0.2) is 18.2 Å². The molecule has 1 aliphatic rings. The highest BCUT2D eigenvalue weighted by molar-refractivity contribution is 6.33. The molecule has 1 heterocycles. The van der Waals surface area contributed by atoms with E-state index in [-0.39, 0.29) is 22.2 Å². The number of halogens is 1. The topological polar surface area (TPSA) is 63.5 Å². The second-order valence-corrected chi connectivity index (χ2v) is 5.98. The predicted octanol–water partition coefficient (Wildman–Crippen LogP) is 3.37.